The minimum atomic E-state index is -0.583. The number of thioether (sulfide) groups is 1. The van der Waals surface area contributed by atoms with E-state index in [0.717, 1.165) is 30.8 Å². The summed E-state index contributed by atoms with van der Waals surface area (Å²) in [5.41, 5.74) is 2.54. The van der Waals surface area contributed by atoms with E-state index < -0.39 is 12.0 Å². The molecular formula is C19H26N2O4S. The molecule has 0 bridgehead atoms. The van der Waals surface area contributed by atoms with E-state index in [0.29, 0.717) is 17.7 Å². The van der Waals surface area contributed by atoms with Crippen molar-refractivity contribution in [2.45, 2.75) is 64.4 Å². The number of carbonyl (C=O) groups excluding carboxylic acids is 3. The minimum Gasteiger partial charge on any atom is -0.456 e. The smallest absolute Gasteiger partial charge is 0.330 e. The zero-order chi connectivity index (χ0) is 19.1. The van der Waals surface area contributed by atoms with Gasteiger partial charge in [-0.05, 0) is 39.7 Å². The maximum atomic E-state index is 12.5. The molecule has 142 valence electrons. The quantitative estimate of drug-likeness (QED) is 0.562. The number of aryl methyl sites for hydroxylation is 1. The van der Waals surface area contributed by atoms with E-state index in [2.05, 4.69) is 11.5 Å². The molecule has 0 spiro atoms. The Morgan fingerprint density at radius 3 is 2.81 bits per heavy atom. The third-order valence-electron chi connectivity index (χ3n) is 5.38. The molecule has 2 atom stereocenters. The Morgan fingerprint density at radius 1 is 1.38 bits per heavy atom. The molecule has 3 rings (SSSR count). The van der Waals surface area contributed by atoms with Crippen LogP contribution in [0.3, 0.4) is 0 Å². The number of hydrogen-bond donors (Lipinski definition) is 0. The maximum absolute atomic E-state index is 12.5. The molecule has 2 aliphatic heterocycles. The highest BCUT2D eigenvalue weighted by Gasteiger charge is 2.53. The van der Waals surface area contributed by atoms with E-state index in [1.54, 1.807) is 16.7 Å². The summed E-state index contributed by atoms with van der Waals surface area (Å²) in [6.45, 7) is 8.55. The van der Waals surface area contributed by atoms with Gasteiger partial charge in [0.25, 0.3) is 0 Å². The lowest BCUT2D eigenvalue weighted by molar-refractivity contribution is -0.152. The van der Waals surface area contributed by atoms with Crippen LogP contribution in [0.5, 0.6) is 0 Å². The second-order valence-corrected chi connectivity index (χ2v) is 8.73. The van der Waals surface area contributed by atoms with E-state index >= 15 is 0 Å². The summed E-state index contributed by atoms with van der Waals surface area (Å²) >= 11 is 1.62. The number of nitrogens with zero attached hydrogens (tertiary/aromatic N) is 2. The van der Waals surface area contributed by atoms with Crippen LogP contribution in [0, 0.1) is 13.8 Å². The van der Waals surface area contributed by atoms with Crippen molar-refractivity contribution in [2.75, 3.05) is 12.4 Å². The summed E-state index contributed by atoms with van der Waals surface area (Å²) in [4.78, 5) is 38.5. The number of hydrogen-bond acceptors (Lipinski definition) is 5. The normalized spacial score (nSPS) is 24.8. The highest BCUT2D eigenvalue weighted by molar-refractivity contribution is 8.01. The van der Waals surface area contributed by atoms with Gasteiger partial charge in [-0.25, -0.2) is 4.79 Å². The fraction of sp³-hybridized carbons (Fsp3) is 0.632. The van der Waals surface area contributed by atoms with Crippen molar-refractivity contribution in [1.82, 2.24) is 9.47 Å². The Kier molecular flexibility index (Phi) is 5.19. The molecule has 0 aliphatic carbocycles. The molecule has 2 aliphatic rings. The molecule has 0 radical (unpaired) electrons. The van der Waals surface area contributed by atoms with Gasteiger partial charge in [-0.3, -0.25) is 9.59 Å². The molecule has 6 nitrogen and oxygen atoms in total. The number of aromatic nitrogens is 1. The monoisotopic (exact) mass is 378 g/mol. The minimum absolute atomic E-state index is 0.00566. The van der Waals surface area contributed by atoms with Gasteiger partial charge in [0.15, 0.2) is 6.61 Å². The van der Waals surface area contributed by atoms with Crippen LogP contribution >= 0.6 is 11.8 Å². The average molecular weight is 378 g/mol. The van der Waals surface area contributed by atoms with Crippen molar-refractivity contribution in [3.8, 4) is 0 Å². The van der Waals surface area contributed by atoms with Gasteiger partial charge in [-0.15, -0.1) is 11.8 Å². The van der Waals surface area contributed by atoms with Crippen molar-refractivity contribution in [2.24, 2.45) is 0 Å². The fourth-order valence-corrected chi connectivity index (χ4v) is 5.37. The van der Waals surface area contributed by atoms with Crippen LogP contribution in [-0.2, 0) is 20.9 Å². The van der Waals surface area contributed by atoms with Gasteiger partial charge < -0.3 is 14.2 Å². The van der Waals surface area contributed by atoms with Crippen LogP contribution in [-0.4, -0.2) is 50.4 Å². The van der Waals surface area contributed by atoms with Gasteiger partial charge in [-0.1, -0.05) is 6.92 Å². The summed E-state index contributed by atoms with van der Waals surface area (Å²) in [5, 5.41) is 0. The lowest BCUT2D eigenvalue weighted by Gasteiger charge is -2.29. The highest BCUT2D eigenvalue weighted by atomic mass is 32.2. The average Bonchev–Trinajstić information content (AvgIpc) is 3.19. The lowest BCUT2D eigenvalue weighted by Crippen LogP contribution is -2.46. The van der Waals surface area contributed by atoms with Crippen LogP contribution in [0.25, 0.3) is 0 Å². The van der Waals surface area contributed by atoms with Crippen LogP contribution < -0.4 is 0 Å². The Hall–Kier alpha value is -1.76. The first-order valence-corrected chi connectivity index (χ1v) is 10.1. The Morgan fingerprint density at radius 2 is 2.12 bits per heavy atom. The summed E-state index contributed by atoms with van der Waals surface area (Å²) < 4.78 is 7.41. The molecule has 0 unspecified atom stereocenters. The first-order valence-electron chi connectivity index (χ1n) is 9.11. The van der Waals surface area contributed by atoms with Gasteiger partial charge in [0.2, 0.25) is 11.7 Å². The van der Waals surface area contributed by atoms with E-state index in [-0.39, 0.29) is 23.2 Å². The van der Waals surface area contributed by atoms with E-state index in [1.807, 2.05) is 26.8 Å². The van der Waals surface area contributed by atoms with Gasteiger partial charge in [0.1, 0.15) is 6.04 Å². The topological polar surface area (TPSA) is 68.6 Å². The molecular weight excluding hydrogens is 352 g/mol. The first kappa shape index (κ1) is 19.0. The molecule has 2 fully saturated rings. The zero-order valence-electron chi connectivity index (χ0n) is 15.8. The summed E-state index contributed by atoms with van der Waals surface area (Å²) in [7, 11) is 0. The number of carbonyl (C=O) groups is 3. The molecule has 7 heteroatoms. The molecule has 2 saturated heterocycles. The summed E-state index contributed by atoms with van der Waals surface area (Å²) in [5.74, 6) is -0.156. The van der Waals surface area contributed by atoms with Crippen LogP contribution in [0.15, 0.2) is 6.07 Å². The summed E-state index contributed by atoms with van der Waals surface area (Å²) in [6, 6.07) is 1.27. The molecule has 0 N–H and O–H groups in total. The molecule has 0 saturated carbocycles. The molecule has 26 heavy (non-hydrogen) atoms. The van der Waals surface area contributed by atoms with Crippen molar-refractivity contribution >= 4 is 29.4 Å². The first-order chi connectivity index (χ1) is 12.3. The van der Waals surface area contributed by atoms with Crippen molar-refractivity contribution < 1.29 is 19.1 Å². The SMILES string of the molecule is CCCn1c(C)cc(C(=O)COC(=O)[C@@H]2CS[C@]3(C)CCC(=O)N23)c1C. The van der Waals surface area contributed by atoms with E-state index in [1.165, 1.54) is 0 Å². The van der Waals surface area contributed by atoms with Crippen LogP contribution in [0.2, 0.25) is 0 Å². The second-order valence-electron chi connectivity index (χ2n) is 7.23. The summed E-state index contributed by atoms with van der Waals surface area (Å²) in [6.07, 6.45) is 2.21. The zero-order valence-corrected chi connectivity index (χ0v) is 16.6. The van der Waals surface area contributed by atoms with Gasteiger partial charge in [0, 0.05) is 35.7 Å². The third-order valence-corrected chi connectivity index (χ3v) is 6.89. The molecule has 0 aromatic carbocycles. The number of rotatable bonds is 6. The fourth-order valence-electron chi connectivity index (χ4n) is 3.96. The number of amides is 1. The predicted molar refractivity (Wildman–Crippen MR) is 100 cm³/mol. The van der Waals surface area contributed by atoms with Gasteiger partial charge in [-0.2, -0.15) is 0 Å². The van der Waals surface area contributed by atoms with Gasteiger partial charge >= 0.3 is 5.97 Å². The lowest BCUT2D eigenvalue weighted by atomic mass is 10.1. The van der Waals surface area contributed by atoms with E-state index in [4.69, 9.17) is 4.74 Å². The number of ketones is 1. The maximum Gasteiger partial charge on any atom is 0.330 e. The number of esters is 1. The van der Waals surface area contributed by atoms with Crippen molar-refractivity contribution in [3.05, 3.63) is 23.0 Å². The number of Topliss-reactive ketones (excluding diaryl/α,β-unsaturated/α-hetero) is 1. The van der Waals surface area contributed by atoms with Crippen LogP contribution in [0.4, 0.5) is 0 Å². The third kappa shape index (κ3) is 3.17. The second kappa shape index (κ2) is 7.10. The number of fused-ring (bicyclic) bond motifs is 1. The van der Waals surface area contributed by atoms with E-state index in [9.17, 15) is 14.4 Å². The largest absolute Gasteiger partial charge is 0.456 e. The Bertz CT molecular complexity index is 757. The highest BCUT2D eigenvalue weighted by Crippen LogP contribution is 2.47. The van der Waals surface area contributed by atoms with Crippen molar-refractivity contribution in [1.29, 1.82) is 0 Å². The Balaban J connectivity index is 1.64. The molecule has 1 aromatic heterocycles. The Labute approximate surface area is 158 Å². The standard InChI is InChI=1S/C19H26N2O4S/c1-5-8-20-12(2)9-14(13(20)3)16(22)10-25-18(24)15-11-26-19(4)7-6-17(23)21(15)19/h9,15H,5-8,10-11H2,1-4H3/t15-,19+/m0/s1. The van der Waals surface area contributed by atoms with Crippen LogP contribution in [0.1, 0.15) is 54.9 Å². The molecule has 1 aromatic rings. The predicted octanol–water partition coefficient (Wildman–Crippen LogP) is 2.69. The van der Waals surface area contributed by atoms with Crippen molar-refractivity contribution in [3.63, 3.8) is 0 Å². The molecule has 1 amide bonds. The molecule has 3 heterocycles. The van der Waals surface area contributed by atoms with Gasteiger partial charge in [0.05, 0.1) is 4.87 Å². The number of ether oxygens (including phenoxy) is 1.